The zero-order valence-electron chi connectivity index (χ0n) is 11.0. The molecular formula is C13H10Cl2N6. The first kappa shape index (κ1) is 13.8. The fraction of sp³-hybridized carbons (Fsp3) is 0.0769. The number of anilines is 1. The van der Waals surface area contributed by atoms with Crippen molar-refractivity contribution in [1.29, 1.82) is 0 Å². The van der Waals surface area contributed by atoms with Gasteiger partial charge in [0.05, 0.1) is 22.1 Å². The number of hydrogen-bond donors (Lipinski definition) is 1. The van der Waals surface area contributed by atoms with Crippen LogP contribution >= 0.6 is 23.2 Å². The average molecular weight is 321 g/mol. The zero-order valence-corrected chi connectivity index (χ0v) is 12.5. The summed E-state index contributed by atoms with van der Waals surface area (Å²) >= 11 is 12.1. The summed E-state index contributed by atoms with van der Waals surface area (Å²) in [5.74, 6) is 0.186. The number of hydrogen-bond acceptors (Lipinski definition) is 5. The van der Waals surface area contributed by atoms with Crippen molar-refractivity contribution in [2.45, 2.75) is 6.92 Å². The van der Waals surface area contributed by atoms with E-state index in [1.54, 1.807) is 35.1 Å². The van der Waals surface area contributed by atoms with Crippen LogP contribution in [0.15, 0.2) is 30.5 Å². The highest BCUT2D eigenvalue weighted by atomic mass is 35.5. The van der Waals surface area contributed by atoms with Crippen LogP contribution in [0.3, 0.4) is 0 Å². The minimum atomic E-state index is 0.186. The summed E-state index contributed by atoms with van der Waals surface area (Å²) in [5.41, 5.74) is 8.30. The lowest BCUT2D eigenvalue weighted by Crippen LogP contribution is -2.00. The molecule has 0 unspecified atom stereocenters. The quantitative estimate of drug-likeness (QED) is 0.785. The standard InChI is InChI=1S/C13H10Cl2N6/c1-7-12(10-4-5-17-13(16)18-10)19-20-21(7)11-3-2-8(14)6-9(11)15/h2-6H,1H3,(H2,16,17,18). The van der Waals surface area contributed by atoms with Gasteiger partial charge in [-0.2, -0.15) is 0 Å². The Bertz CT molecular complexity index is 814. The van der Waals surface area contributed by atoms with Crippen molar-refractivity contribution in [3.8, 4) is 17.1 Å². The Balaban J connectivity index is 2.11. The third kappa shape index (κ3) is 2.55. The van der Waals surface area contributed by atoms with Crippen molar-refractivity contribution in [2.75, 3.05) is 5.73 Å². The van der Waals surface area contributed by atoms with E-state index in [1.807, 2.05) is 6.92 Å². The first-order chi connectivity index (χ1) is 10.1. The molecule has 8 heteroatoms. The number of nitrogens with zero attached hydrogens (tertiary/aromatic N) is 5. The minimum Gasteiger partial charge on any atom is -0.368 e. The van der Waals surface area contributed by atoms with Crippen molar-refractivity contribution < 1.29 is 0 Å². The Kier molecular flexibility index (Phi) is 3.48. The maximum Gasteiger partial charge on any atom is 0.220 e. The molecule has 0 aliphatic rings. The van der Waals surface area contributed by atoms with Crippen LogP contribution in [0, 0.1) is 6.92 Å². The summed E-state index contributed by atoms with van der Waals surface area (Å²) in [4.78, 5) is 8.00. The highest BCUT2D eigenvalue weighted by Crippen LogP contribution is 2.27. The lowest BCUT2D eigenvalue weighted by atomic mass is 10.2. The number of halogens is 2. The van der Waals surface area contributed by atoms with Gasteiger partial charge in [0.25, 0.3) is 0 Å². The molecule has 2 heterocycles. The van der Waals surface area contributed by atoms with Gasteiger partial charge in [-0.05, 0) is 31.2 Å². The Morgan fingerprint density at radius 3 is 2.71 bits per heavy atom. The molecule has 0 fully saturated rings. The van der Waals surface area contributed by atoms with E-state index in [9.17, 15) is 0 Å². The maximum atomic E-state index is 6.20. The number of aromatic nitrogens is 5. The number of benzene rings is 1. The molecule has 0 atom stereocenters. The van der Waals surface area contributed by atoms with E-state index in [1.165, 1.54) is 0 Å². The second-order valence-corrected chi connectivity index (χ2v) is 5.17. The van der Waals surface area contributed by atoms with Crippen LogP contribution in [-0.4, -0.2) is 25.0 Å². The Labute approximate surface area is 130 Å². The molecule has 0 amide bonds. The van der Waals surface area contributed by atoms with Gasteiger partial charge in [-0.25, -0.2) is 14.6 Å². The topological polar surface area (TPSA) is 82.5 Å². The normalized spacial score (nSPS) is 10.8. The molecule has 0 radical (unpaired) electrons. The van der Waals surface area contributed by atoms with Crippen LogP contribution in [0.2, 0.25) is 10.0 Å². The monoisotopic (exact) mass is 320 g/mol. The molecule has 0 aliphatic carbocycles. The highest BCUT2D eigenvalue weighted by molar-refractivity contribution is 6.35. The van der Waals surface area contributed by atoms with Gasteiger partial charge in [-0.15, -0.1) is 5.10 Å². The van der Waals surface area contributed by atoms with Gasteiger partial charge >= 0.3 is 0 Å². The molecule has 21 heavy (non-hydrogen) atoms. The molecule has 0 aliphatic heterocycles. The molecule has 1 aromatic carbocycles. The summed E-state index contributed by atoms with van der Waals surface area (Å²) in [6, 6.07) is 6.90. The number of nitrogen functional groups attached to an aromatic ring is 1. The molecule has 0 saturated heterocycles. The largest absolute Gasteiger partial charge is 0.368 e. The fourth-order valence-electron chi connectivity index (χ4n) is 1.95. The van der Waals surface area contributed by atoms with E-state index in [-0.39, 0.29) is 5.95 Å². The first-order valence-corrected chi connectivity index (χ1v) is 6.78. The van der Waals surface area contributed by atoms with Crippen LogP contribution in [0.25, 0.3) is 17.1 Å². The summed E-state index contributed by atoms with van der Waals surface area (Å²) in [5, 5.41) is 9.31. The van der Waals surface area contributed by atoms with Gasteiger partial charge in [0.1, 0.15) is 5.69 Å². The number of rotatable bonds is 2. The Hall–Kier alpha value is -2.18. The van der Waals surface area contributed by atoms with Crippen LogP contribution in [0.5, 0.6) is 0 Å². The number of nitrogens with two attached hydrogens (primary N) is 1. The predicted octanol–water partition coefficient (Wildman–Crippen LogP) is 2.92. The van der Waals surface area contributed by atoms with Gasteiger partial charge in [0, 0.05) is 11.2 Å². The molecule has 0 spiro atoms. The molecular weight excluding hydrogens is 311 g/mol. The summed E-state index contributed by atoms with van der Waals surface area (Å²) in [6.07, 6.45) is 1.57. The third-order valence-corrected chi connectivity index (χ3v) is 3.49. The summed E-state index contributed by atoms with van der Waals surface area (Å²) in [6.45, 7) is 1.87. The van der Waals surface area contributed by atoms with Gasteiger partial charge in [-0.1, -0.05) is 28.4 Å². The van der Waals surface area contributed by atoms with Crippen molar-refractivity contribution in [3.63, 3.8) is 0 Å². The van der Waals surface area contributed by atoms with E-state index >= 15 is 0 Å². The molecule has 6 nitrogen and oxygen atoms in total. The molecule has 0 saturated carbocycles. The van der Waals surface area contributed by atoms with E-state index < -0.39 is 0 Å². The SMILES string of the molecule is Cc1c(-c2ccnc(N)n2)nnn1-c1ccc(Cl)cc1Cl. The maximum absolute atomic E-state index is 6.20. The second kappa shape index (κ2) is 5.31. The zero-order chi connectivity index (χ0) is 15.0. The molecule has 3 rings (SSSR count). The van der Waals surface area contributed by atoms with E-state index in [4.69, 9.17) is 28.9 Å². The van der Waals surface area contributed by atoms with Gasteiger partial charge in [0.2, 0.25) is 5.95 Å². The minimum absolute atomic E-state index is 0.186. The van der Waals surface area contributed by atoms with E-state index in [0.717, 1.165) is 5.69 Å². The Morgan fingerprint density at radius 1 is 1.19 bits per heavy atom. The van der Waals surface area contributed by atoms with Gasteiger partial charge < -0.3 is 5.73 Å². The van der Waals surface area contributed by atoms with Crippen molar-refractivity contribution in [2.24, 2.45) is 0 Å². The van der Waals surface area contributed by atoms with Crippen LogP contribution < -0.4 is 5.73 Å². The van der Waals surface area contributed by atoms with Crippen LogP contribution in [0.1, 0.15) is 5.69 Å². The highest BCUT2D eigenvalue weighted by Gasteiger charge is 2.15. The fourth-order valence-corrected chi connectivity index (χ4v) is 2.44. The predicted molar refractivity (Wildman–Crippen MR) is 81.6 cm³/mol. The Morgan fingerprint density at radius 2 is 2.00 bits per heavy atom. The lowest BCUT2D eigenvalue weighted by Gasteiger charge is -2.06. The van der Waals surface area contributed by atoms with Crippen LogP contribution in [0.4, 0.5) is 5.95 Å². The summed E-state index contributed by atoms with van der Waals surface area (Å²) < 4.78 is 1.63. The molecule has 106 valence electrons. The summed E-state index contributed by atoms with van der Waals surface area (Å²) in [7, 11) is 0. The first-order valence-electron chi connectivity index (χ1n) is 6.03. The van der Waals surface area contributed by atoms with Crippen LogP contribution in [-0.2, 0) is 0 Å². The van der Waals surface area contributed by atoms with Gasteiger partial charge in [0.15, 0.2) is 0 Å². The third-order valence-electron chi connectivity index (χ3n) is 2.95. The lowest BCUT2D eigenvalue weighted by molar-refractivity contribution is 0.785. The molecule has 0 bridgehead atoms. The molecule has 3 aromatic rings. The van der Waals surface area contributed by atoms with E-state index in [2.05, 4.69) is 20.3 Å². The smallest absolute Gasteiger partial charge is 0.220 e. The van der Waals surface area contributed by atoms with Gasteiger partial charge in [-0.3, -0.25) is 0 Å². The molecule has 2 N–H and O–H groups in total. The van der Waals surface area contributed by atoms with Crippen molar-refractivity contribution in [3.05, 3.63) is 46.2 Å². The van der Waals surface area contributed by atoms with Crippen molar-refractivity contribution in [1.82, 2.24) is 25.0 Å². The van der Waals surface area contributed by atoms with Crippen molar-refractivity contribution >= 4 is 29.2 Å². The van der Waals surface area contributed by atoms with E-state index in [0.29, 0.717) is 27.1 Å². The average Bonchev–Trinajstić information content (AvgIpc) is 2.81. The second-order valence-electron chi connectivity index (χ2n) is 4.33. The molecule has 2 aromatic heterocycles.